The molecule has 6 nitrogen and oxygen atoms in total. The maximum atomic E-state index is 11.9. The van der Waals surface area contributed by atoms with Gasteiger partial charge in [-0.1, -0.05) is 45.4 Å². The Balaban J connectivity index is 4.06. The highest BCUT2D eigenvalue weighted by atomic mass is 16.5. The predicted molar refractivity (Wildman–Crippen MR) is 97.3 cm³/mol. The Kier molecular flexibility index (Phi) is 12.1. The lowest BCUT2D eigenvalue weighted by atomic mass is 10.1. The van der Waals surface area contributed by atoms with Gasteiger partial charge in [0.15, 0.2) is 6.10 Å². The SMILES string of the molecule is CCCCCCCCCC(=O)CC(=O)OC(CC(=O)O)C[N+](C)(C)C. The quantitative estimate of drug-likeness (QED) is 0.210. The molecule has 0 fully saturated rings. The summed E-state index contributed by atoms with van der Waals surface area (Å²) in [6.45, 7) is 2.57. The van der Waals surface area contributed by atoms with Crippen LogP contribution in [0.4, 0.5) is 0 Å². The van der Waals surface area contributed by atoms with E-state index in [1.54, 1.807) is 0 Å². The number of esters is 1. The molecule has 0 aromatic carbocycles. The zero-order valence-electron chi connectivity index (χ0n) is 16.4. The fourth-order valence-electron chi connectivity index (χ4n) is 2.71. The number of likely N-dealkylation sites (N-methyl/N-ethyl adjacent to an activating group) is 1. The first-order valence-corrected chi connectivity index (χ1v) is 9.37. The van der Waals surface area contributed by atoms with Gasteiger partial charge in [0.05, 0.1) is 27.6 Å². The Morgan fingerprint density at radius 3 is 2.04 bits per heavy atom. The van der Waals surface area contributed by atoms with Crippen LogP contribution in [-0.4, -0.2) is 61.1 Å². The molecule has 0 bridgehead atoms. The van der Waals surface area contributed by atoms with Crippen molar-refractivity contribution < 1.29 is 28.7 Å². The van der Waals surface area contributed by atoms with E-state index < -0.39 is 18.0 Å². The number of rotatable bonds is 15. The number of carbonyl (C=O) groups excluding carboxylic acids is 2. The molecule has 0 rings (SSSR count). The fraction of sp³-hybridized carbons (Fsp3) is 0.842. The average Bonchev–Trinajstić information content (AvgIpc) is 2.43. The van der Waals surface area contributed by atoms with Crippen molar-refractivity contribution in [3.8, 4) is 0 Å². The second-order valence-corrected chi connectivity index (χ2v) is 7.77. The molecule has 0 saturated heterocycles. The summed E-state index contributed by atoms with van der Waals surface area (Å²) in [7, 11) is 5.69. The van der Waals surface area contributed by atoms with E-state index in [1.165, 1.54) is 25.7 Å². The topological polar surface area (TPSA) is 80.7 Å². The van der Waals surface area contributed by atoms with Crippen molar-refractivity contribution >= 4 is 17.7 Å². The van der Waals surface area contributed by atoms with Crippen LogP contribution in [0.1, 0.15) is 71.1 Å². The number of unbranched alkanes of at least 4 members (excludes halogenated alkanes) is 6. The van der Waals surface area contributed by atoms with Crippen LogP contribution in [0, 0.1) is 0 Å². The number of aliphatic carboxylic acids is 1. The lowest BCUT2D eigenvalue weighted by Crippen LogP contribution is -2.44. The van der Waals surface area contributed by atoms with Gasteiger partial charge in [-0.05, 0) is 6.42 Å². The van der Waals surface area contributed by atoms with Crippen molar-refractivity contribution in [1.29, 1.82) is 0 Å². The zero-order valence-corrected chi connectivity index (χ0v) is 16.4. The maximum absolute atomic E-state index is 11.9. The van der Waals surface area contributed by atoms with Crippen molar-refractivity contribution in [2.75, 3.05) is 27.7 Å². The molecule has 1 atom stereocenters. The molecule has 1 N–H and O–H groups in total. The highest BCUT2D eigenvalue weighted by molar-refractivity contribution is 5.95. The number of hydrogen-bond donors (Lipinski definition) is 1. The molecule has 0 aromatic rings. The van der Waals surface area contributed by atoms with Gasteiger partial charge in [0.1, 0.15) is 18.7 Å². The molecule has 0 aliphatic heterocycles. The summed E-state index contributed by atoms with van der Waals surface area (Å²) < 4.78 is 5.71. The molecule has 0 aliphatic carbocycles. The van der Waals surface area contributed by atoms with Crippen molar-refractivity contribution in [2.45, 2.75) is 77.2 Å². The van der Waals surface area contributed by atoms with Gasteiger partial charge in [0.2, 0.25) is 0 Å². The van der Waals surface area contributed by atoms with Gasteiger partial charge >= 0.3 is 11.9 Å². The molecular formula is C19H36NO5+. The van der Waals surface area contributed by atoms with E-state index in [0.29, 0.717) is 17.4 Å². The molecule has 6 heteroatoms. The molecule has 0 heterocycles. The van der Waals surface area contributed by atoms with Gasteiger partial charge in [-0.15, -0.1) is 0 Å². The predicted octanol–water partition coefficient (Wildman–Crippen LogP) is 3.18. The number of carbonyl (C=O) groups is 3. The molecule has 0 radical (unpaired) electrons. The van der Waals surface area contributed by atoms with Crippen LogP contribution in [0.5, 0.6) is 0 Å². The molecular weight excluding hydrogens is 322 g/mol. The highest BCUT2D eigenvalue weighted by Crippen LogP contribution is 2.11. The molecule has 0 aromatic heterocycles. The zero-order chi connectivity index (χ0) is 19.3. The number of carboxylic acids is 1. The molecule has 1 unspecified atom stereocenters. The third kappa shape index (κ3) is 15.8. The first kappa shape index (κ1) is 23.6. The first-order chi connectivity index (χ1) is 11.6. The van der Waals surface area contributed by atoms with Crippen LogP contribution in [0.25, 0.3) is 0 Å². The summed E-state index contributed by atoms with van der Waals surface area (Å²) in [4.78, 5) is 34.7. The fourth-order valence-corrected chi connectivity index (χ4v) is 2.71. The van der Waals surface area contributed by atoms with Crippen LogP contribution in [0.3, 0.4) is 0 Å². The second kappa shape index (κ2) is 12.9. The highest BCUT2D eigenvalue weighted by Gasteiger charge is 2.25. The van der Waals surface area contributed by atoms with E-state index in [0.717, 1.165) is 19.3 Å². The number of ketones is 1. The first-order valence-electron chi connectivity index (χ1n) is 9.37. The van der Waals surface area contributed by atoms with Crippen molar-refractivity contribution in [1.82, 2.24) is 0 Å². The molecule has 0 aliphatic rings. The van der Waals surface area contributed by atoms with Gasteiger partial charge in [0, 0.05) is 6.42 Å². The summed E-state index contributed by atoms with van der Waals surface area (Å²) >= 11 is 0. The van der Waals surface area contributed by atoms with Gasteiger partial charge in [-0.3, -0.25) is 14.4 Å². The number of carboxylic acid groups (broad SMARTS) is 1. The molecule has 0 amide bonds. The van der Waals surface area contributed by atoms with E-state index in [2.05, 4.69) is 6.92 Å². The summed E-state index contributed by atoms with van der Waals surface area (Å²) in [5, 5.41) is 8.93. The molecule has 25 heavy (non-hydrogen) atoms. The van der Waals surface area contributed by atoms with Crippen LogP contribution in [0.2, 0.25) is 0 Å². The Morgan fingerprint density at radius 2 is 1.52 bits per heavy atom. The minimum Gasteiger partial charge on any atom is -0.481 e. The molecule has 146 valence electrons. The number of ether oxygens (including phenoxy) is 1. The lowest BCUT2D eigenvalue weighted by Gasteiger charge is -2.28. The van der Waals surface area contributed by atoms with E-state index in [9.17, 15) is 14.4 Å². The minimum absolute atomic E-state index is 0.127. The lowest BCUT2D eigenvalue weighted by molar-refractivity contribution is -0.873. The third-order valence-electron chi connectivity index (χ3n) is 3.85. The monoisotopic (exact) mass is 358 g/mol. The Hall–Kier alpha value is -1.43. The van der Waals surface area contributed by atoms with Gasteiger partial charge in [-0.2, -0.15) is 0 Å². The second-order valence-electron chi connectivity index (χ2n) is 7.77. The van der Waals surface area contributed by atoms with E-state index in [1.807, 2.05) is 21.1 Å². The summed E-state index contributed by atoms with van der Waals surface area (Å²) in [6, 6.07) is 0. The normalized spacial score (nSPS) is 12.6. The number of quaternary nitrogens is 1. The largest absolute Gasteiger partial charge is 0.481 e. The van der Waals surface area contributed by atoms with Crippen LogP contribution < -0.4 is 0 Å². The van der Waals surface area contributed by atoms with E-state index in [-0.39, 0.29) is 18.6 Å². The standard InChI is InChI=1S/C19H35NO5/c1-5-6-7-8-9-10-11-12-16(21)13-19(24)25-17(14-18(22)23)15-20(2,3)4/h17H,5-15H2,1-4H3/p+1. The summed E-state index contributed by atoms with van der Waals surface area (Å²) in [5.74, 6) is -1.76. The summed E-state index contributed by atoms with van der Waals surface area (Å²) in [5.41, 5.74) is 0. The van der Waals surface area contributed by atoms with Gasteiger partial charge in [0.25, 0.3) is 0 Å². The number of Topliss-reactive ketones (excluding diaryl/α,β-unsaturated/α-hetero) is 1. The molecule has 0 spiro atoms. The third-order valence-corrected chi connectivity index (χ3v) is 3.85. The van der Waals surface area contributed by atoms with E-state index in [4.69, 9.17) is 9.84 Å². The van der Waals surface area contributed by atoms with Crippen molar-refractivity contribution in [2.24, 2.45) is 0 Å². The Morgan fingerprint density at radius 1 is 0.960 bits per heavy atom. The Labute approximate surface area is 152 Å². The van der Waals surface area contributed by atoms with Crippen LogP contribution in [0.15, 0.2) is 0 Å². The van der Waals surface area contributed by atoms with Crippen LogP contribution in [-0.2, 0) is 19.1 Å². The van der Waals surface area contributed by atoms with Crippen LogP contribution >= 0.6 is 0 Å². The smallest absolute Gasteiger partial charge is 0.313 e. The molecule has 0 saturated carbocycles. The number of nitrogens with zero attached hydrogens (tertiary/aromatic N) is 1. The van der Waals surface area contributed by atoms with Gasteiger partial charge in [-0.25, -0.2) is 0 Å². The van der Waals surface area contributed by atoms with E-state index >= 15 is 0 Å². The maximum Gasteiger partial charge on any atom is 0.313 e. The Bertz CT molecular complexity index is 415. The minimum atomic E-state index is -1.01. The van der Waals surface area contributed by atoms with Crippen molar-refractivity contribution in [3.05, 3.63) is 0 Å². The summed E-state index contributed by atoms with van der Waals surface area (Å²) in [6.07, 6.45) is 7.03. The van der Waals surface area contributed by atoms with Crippen molar-refractivity contribution in [3.63, 3.8) is 0 Å². The average molecular weight is 358 g/mol. The van der Waals surface area contributed by atoms with Gasteiger partial charge < -0.3 is 14.3 Å². The number of hydrogen-bond acceptors (Lipinski definition) is 4.